The molecule has 0 heterocycles. The SMILES string of the molecule is CCCCCCCCCCCC(=O)N/C(C(=O)NC(C(=O)O)C(C)O)=C(/O)CCC. The Kier molecular flexibility index (Phi) is 15.5. The molecule has 30 heavy (non-hydrogen) atoms. The lowest BCUT2D eigenvalue weighted by Crippen LogP contribution is -2.50. The molecule has 2 unspecified atom stereocenters. The Morgan fingerprint density at radius 2 is 1.33 bits per heavy atom. The predicted octanol–water partition coefficient (Wildman–Crippen LogP) is 3.54. The fraction of sp³-hybridized carbons (Fsp3) is 0.773. The Morgan fingerprint density at radius 3 is 1.80 bits per heavy atom. The van der Waals surface area contributed by atoms with Crippen LogP contribution in [0.5, 0.6) is 0 Å². The normalized spacial score (nSPS) is 13.9. The molecule has 2 atom stereocenters. The van der Waals surface area contributed by atoms with Crippen molar-refractivity contribution in [2.24, 2.45) is 0 Å². The second-order valence-electron chi connectivity index (χ2n) is 7.73. The number of allylic oxidation sites excluding steroid dienone is 1. The van der Waals surface area contributed by atoms with Gasteiger partial charge in [0, 0.05) is 12.8 Å². The van der Waals surface area contributed by atoms with Crippen molar-refractivity contribution in [3.05, 3.63) is 11.5 Å². The summed E-state index contributed by atoms with van der Waals surface area (Å²) in [6.45, 7) is 5.22. The van der Waals surface area contributed by atoms with Crippen molar-refractivity contribution >= 4 is 17.8 Å². The molecule has 0 aromatic heterocycles. The number of hydrogen-bond donors (Lipinski definition) is 5. The standard InChI is InChI=1S/C22H40N2O6/c1-4-6-7-8-9-10-11-12-13-15-18(27)23-20(17(26)14-5-2)21(28)24-19(16(3)25)22(29)30/h16,19,25-26H,4-15H2,1-3H3,(H,23,27)(H,24,28)(H,29,30)/b20-17+. The summed E-state index contributed by atoms with van der Waals surface area (Å²) in [6, 6.07) is -1.55. The van der Waals surface area contributed by atoms with Crippen LogP contribution in [0.1, 0.15) is 97.8 Å². The average molecular weight is 429 g/mol. The number of carboxylic acids is 1. The zero-order chi connectivity index (χ0) is 22.9. The van der Waals surface area contributed by atoms with Crippen LogP contribution in [0.4, 0.5) is 0 Å². The number of aliphatic carboxylic acids is 1. The second-order valence-corrected chi connectivity index (χ2v) is 7.73. The Balaban J connectivity index is 4.59. The number of aliphatic hydroxyl groups excluding tert-OH is 2. The van der Waals surface area contributed by atoms with Crippen molar-refractivity contribution in [1.82, 2.24) is 10.6 Å². The number of carbonyl (C=O) groups excluding carboxylic acids is 2. The number of carbonyl (C=O) groups is 3. The van der Waals surface area contributed by atoms with Crippen LogP contribution in [0, 0.1) is 0 Å². The Hall–Kier alpha value is -2.09. The van der Waals surface area contributed by atoms with E-state index in [-0.39, 0.29) is 24.3 Å². The largest absolute Gasteiger partial charge is 0.510 e. The molecule has 0 spiro atoms. The van der Waals surface area contributed by atoms with Crippen LogP contribution in [0.3, 0.4) is 0 Å². The van der Waals surface area contributed by atoms with E-state index in [1.54, 1.807) is 6.92 Å². The predicted molar refractivity (Wildman–Crippen MR) is 116 cm³/mol. The summed E-state index contributed by atoms with van der Waals surface area (Å²) in [5.41, 5.74) is -0.357. The van der Waals surface area contributed by atoms with E-state index < -0.39 is 29.9 Å². The van der Waals surface area contributed by atoms with Crippen molar-refractivity contribution in [2.45, 2.75) is 110 Å². The van der Waals surface area contributed by atoms with Gasteiger partial charge in [0.2, 0.25) is 5.91 Å². The van der Waals surface area contributed by atoms with Gasteiger partial charge in [0.25, 0.3) is 5.91 Å². The van der Waals surface area contributed by atoms with E-state index in [1.807, 2.05) is 0 Å². The van der Waals surface area contributed by atoms with Crippen molar-refractivity contribution in [1.29, 1.82) is 0 Å². The lowest BCUT2D eigenvalue weighted by molar-refractivity contribution is -0.144. The lowest BCUT2D eigenvalue weighted by Gasteiger charge is -2.19. The number of amides is 2. The van der Waals surface area contributed by atoms with Crippen molar-refractivity contribution < 1.29 is 29.7 Å². The summed E-state index contributed by atoms with van der Waals surface area (Å²) < 4.78 is 0. The number of unbranched alkanes of at least 4 members (excludes halogenated alkanes) is 8. The van der Waals surface area contributed by atoms with Crippen LogP contribution in [-0.2, 0) is 14.4 Å². The van der Waals surface area contributed by atoms with Gasteiger partial charge >= 0.3 is 5.97 Å². The highest BCUT2D eigenvalue weighted by atomic mass is 16.4. The van der Waals surface area contributed by atoms with Crippen LogP contribution in [0.2, 0.25) is 0 Å². The highest BCUT2D eigenvalue weighted by Crippen LogP contribution is 2.12. The highest BCUT2D eigenvalue weighted by molar-refractivity contribution is 5.99. The van der Waals surface area contributed by atoms with Crippen molar-refractivity contribution in [2.75, 3.05) is 0 Å². The first-order chi connectivity index (χ1) is 14.2. The van der Waals surface area contributed by atoms with Gasteiger partial charge in [-0.25, -0.2) is 4.79 Å². The molecule has 5 N–H and O–H groups in total. The van der Waals surface area contributed by atoms with Gasteiger partial charge in [-0.3, -0.25) is 9.59 Å². The molecular weight excluding hydrogens is 388 g/mol. The molecule has 0 bridgehead atoms. The summed E-state index contributed by atoms with van der Waals surface area (Å²) in [6.07, 6.45) is 9.60. The molecule has 0 rings (SSSR count). The van der Waals surface area contributed by atoms with Crippen LogP contribution in [0.15, 0.2) is 11.5 Å². The molecule has 174 valence electrons. The minimum absolute atomic E-state index is 0.160. The molecule has 0 aliphatic rings. The van der Waals surface area contributed by atoms with E-state index >= 15 is 0 Å². The summed E-state index contributed by atoms with van der Waals surface area (Å²) >= 11 is 0. The van der Waals surface area contributed by atoms with Gasteiger partial charge in [0.05, 0.1) is 6.10 Å². The minimum atomic E-state index is -1.55. The maximum absolute atomic E-state index is 12.4. The third-order valence-corrected chi connectivity index (χ3v) is 4.81. The smallest absolute Gasteiger partial charge is 0.328 e. The molecule has 0 saturated heterocycles. The topological polar surface area (TPSA) is 136 Å². The van der Waals surface area contributed by atoms with E-state index in [1.165, 1.54) is 39.0 Å². The molecule has 8 heteroatoms. The Morgan fingerprint density at radius 1 is 0.800 bits per heavy atom. The molecule has 0 fully saturated rings. The zero-order valence-electron chi connectivity index (χ0n) is 18.7. The highest BCUT2D eigenvalue weighted by Gasteiger charge is 2.28. The molecule has 0 aromatic carbocycles. The monoisotopic (exact) mass is 428 g/mol. The summed E-state index contributed by atoms with van der Waals surface area (Å²) in [5.74, 6) is -3.07. The van der Waals surface area contributed by atoms with Gasteiger partial charge in [0.15, 0.2) is 6.04 Å². The summed E-state index contributed by atoms with van der Waals surface area (Å²) in [7, 11) is 0. The summed E-state index contributed by atoms with van der Waals surface area (Å²) in [4.78, 5) is 35.8. The third-order valence-electron chi connectivity index (χ3n) is 4.81. The van der Waals surface area contributed by atoms with Gasteiger partial charge in [-0.05, 0) is 19.8 Å². The van der Waals surface area contributed by atoms with Crippen LogP contribution < -0.4 is 10.6 Å². The van der Waals surface area contributed by atoms with Crippen LogP contribution in [-0.4, -0.2) is 45.2 Å². The molecule has 8 nitrogen and oxygen atoms in total. The molecular formula is C22H40N2O6. The quantitative estimate of drug-likeness (QED) is 0.137. The maximum Gasteiger partial charge on any atom is 0.328 e. The van der Waals surface area contributed by atoms with E-state index in [2.05, 4.69) is 17.6 Å². The van der Waals surface area contributed by atoms with E-state index in [4.69, 9.17) is 5.11 Å². The van der Waals surface area contributed by atoms with Gasteiger partial charge in [-0.2, -0.15) is 0 Å². The first-order valence-corrected chi connectivity index (χ1v) is 11.2. The number of rotatable bonds is 17. The van der Waals surface area contributed by atoms with Gasteiger partial charge in [-0.1, -0.05) is 65.2 Å². The van der Waals surface area contributed by atoms with Gasteiger partial charge < -0.3 is 26.0 Å². The van der Waals surface area contributed by atoms with E-state index in [0.717, 1.165) is 19.3 Å². The number of carboxylic acid groups (broad SMARTS) is 1. The van der Waals surface area contributed by atoms with Crippen LogP contribution >= 0.6 is 0 Å². The zero-order valence-corrected chi connectivity index (χ0v) is 18.7. The van der Waals surface area contributed by atoms with E-state index in [9.17, 15) is 24.6 Å². The van der Waals surface area contributed by atoms with Gasteiger partial charge in [-0.15, -0.1) is 0 Å². The number of hydrogen-bond acceptors (Lipinski definition) is 5. The number of aliphatic hydroxyl groups is 2. The van der Waals surface area contributed by atoms with Crippen LogP contribution in [0.25, 0.3) is 0 Å². The second kappa shape index (κ2) is 16.7. The van der Waals surface area contributed by atoms with E-state index in [0.29, 0.717) is 12.8 Å². The molecule has 0 aromatic rings. The van der Waals surface area contributed by atoms with Crippen molar-refractivity contribution in [3.8, 4) is 0 Å². The fourth-order valence-electron chi connectivity index (χ4n) is 3.02. The first-order valence-electron chi connectivity index (χ1n) is 11.2. The first kappa shape index (κ1) is 27.9. The van der Waals surface area contributed by atoms with Gasteiger partial charge in [0.1, 0.15) is 11.5 Å². The fourth-order valence-corrected chi connectivity index (χ4v) is 3.02. The average Bonchev–Trinajstić information content (AvgIpc) is 2.68. The summed E-state index contributed by atoms with van der Waals surface area (Å²) in [5, 5.41) is 33.3. The lowest BCUT2D eigenvalue weighted by atomic mass is 10.1. The third kappa shape index (κ3) is 12.5. The molecule has 0 aliphatic carbocycles. The maximum atomic E-state index is 12.4. The number of nitrogens with one attached hydrogen (secondary N) is 2. The molecule has 0 aliphatic heterocycles. The minimum Gasteiger partial charge on any atom is -0.510 e. The molecule has 0 saturated carbocycles. The Labute approximate surface area is 180 Å². The molecule has 0 radical (unpaired) electrons. The molecule has 2 amide bonds. The Bertz CT molecular complexity index is 560. The van der Waals surface area contributed by atoms with Crippen molar-refractivity contribution in [3.63, 3.8) is 0 Å².